The van der Waals surface area contributed by atoms with Gasteiger partial charge in [0.2, 0.25) is 0 Å². The number of hydrogen-bond donors (Lipinski definition) is 1. The summed E-state index contributed by atoms with van der Waals surface area (Å²) >= 11 is 0. The average molecular weight is 225 g/mol. The molecule has 0 radical (unpaired) electrons. The maximum Gasteiger partial charge on any atom is 0.0166 e. The first-order valence-corrected chi connectivity index (χ1v) is 6.96. The first-order valence-electron chi connectivity index (χ1n) is 6.96. The standard InChI is InChI=1S/C13H27N3/c1-3-14-12(2)10-15-6-8-16(9-7-15)11-13-4-5-13/h12-14H,3-11H2,1-2H3. The third kappa shape index (κ3) is 4.04. The van der Waals surface area contributed by atoms with Crippen molar-refractivity contribution in [2.45, 2.75) is 32.7 Å². The number of rotatable bonds is 6. The van der Waals surface area contributed by atoms with Crippen LogP contribution in [0.5, 0.6) is 0 Å². The third-order valence-corrected chi connectivity index (χ3v) is 3.76. The maximum absolute atomic E-state index is 3.49. The fraction of sp³-hybridized carbons (Fsp3) is 1.00. The maximum atomic E-state index is 3.49. The van der Waals surface area contributed by atoms with Crippen LogP contribution in [-0.2, 0) is 0 Å². The van der Waals surface area contributed by atoms with Gasteiger partial charge in [0.05, 0.1) is 0 Å². The second-order valence-electron chi connectivity index (χ2n) is 5.50. The zero-order valence-electron chi connectivity index (χ0n) is 10.9. The van der Waals surface area contributed by atoms with E-state index in [0.717, 1.165) is 12.5 Å². The van der Waals surface area contributed by atoms with Crippen LogP contribution in [0.2, 0.25) is 0 Å². The Morgan fingerprint density at radius 1 is 1.12 bits per heavy atom. The van der Waals surface area contributed by atoms with Crippen molar-refractivity contribution in [1.82, 2.24) is 15.1 Å². The summed E-state index contributed by atoms with van der Waals surface area (Å²) in [7, 11) is 0. The number of hydrogen-bond acceptors (Lipinski definition) is 3. The van der Waals surface area contributed by atoms with Crippen LogP contribution in [0.3, 0.4) is 0 Å². The van der Waals surface area contributed by atoms with Gasteiger partial charge in [-0.05, 0) is 32.2 Å². The van der Waals surface area contributed by atoms with E-state index in [1.807, 2.05) is 0 Å². The van der Waals surface area contributed by atoms with Gasteiger partial charge in [0.25, 0.3) is 0 Å². The van der Waals surface area contributed by atoms with Gasteiger partial charge in [0.15, 0.2) is 0 Å². The summed E-state index contributed by atoms with van der Waals surface area (Å²) in [5.41, 5.74) is 0. The van der Waals surface area contributed by atoms with Gasteiger partial charge in [-0.15, -0.1) is 0 Å². The van der Waals surface area contributed by atoms with Crippen molar-refractivity contribution in [2.75, 3.05) is 45.8 Å². The molecule has 1 unspecified atom stereocenters. The summed E-state index contributed by atoms with van der Waals surface area (Å²) in [5.74, 6) is 1.05. The van der Waals surface area contributed by atoms with Gasteiger partial charge in [-0.25, -0.2) is 0 Å². The van der Waals surface area contributed by atoms with Gasteiger partial charge in [0, 0.05) is 45.3 Å². The minimum absolute atomic E-state index is 0.639. The van der Waals surface area contributed by atoms with Crippen LogP contribution in [0.1, 0.15) is 26.7 Å². The summed E-state index contributed by atoms with van der Waals surface area (Å²) < 4.78 is 0. The molecule has 0 aromatic heterocycles. The molecule has 1 aliphatic carbocycles. The Hall–Kier alpha value is -0.120. The van der Waals surface area contributed by atoms with E-state index < -0.39 is 0 Å². The molecular weight excluding hydrogens is 198 g/mol. The molecule has 3 nitrogen and oxygen atoms in total. The number of nitrogens with one attached hydrogen (secondary N) is 1. The van der Waals surface area contributed by atoms with E-state index in [0.29, 0.717) is 6.04 Å². The summed E-state index contributed by atoms with van der Waals surface area (Å²) in [5, 5.41) is 3.49. The van der Waals surface area contributed by atoms with Gasteiger partial charge < -0.3 is 10.2 Å². The Bertz CT molecular complexity index is 195. The highest BCUT2D eigenvalue weighted by molar-refractivity contribution is 4.81. The molecule has 0 amide bonds. The van der Waals surface area contributed by atoms with E-state index in [4.69, 9.17) is 0 Å². The topological polar surface area (TPSA) is 18.5 Å². The van der Waals surface area contributed by atoms with Crippen molar-refractivity contribution < 1.29 is 0 Å². The Kier molecular flexibility index (Phi) is 4.62. The van der Waals surface area contributed by atoms with Crippen LogP contribution < -0.4 is 5.32 Å². The lowest BCUT2D eigenvalue weighted by Crippen LogP contribution is -2.50. The first kappa shape index (κ1) is 12.3. The molecule has 2 rings (SSSR count). The van der Waals surface area contributed by atoms with Gasteiger partial charge in [-0.3, -0.25) is 4.90 Å². The average Bonchev–Trinajstić information content (AvgIpc) is 3.05. The molecule has 0 aromatic rings. The quantitative estimate of drug-likeness (QED) is 0.728. The predicted molar refractivity (Wildman–Crippen MR) is 68.7 cm³/mol. The van der Waals surface area contributed by atoms with E-state index >= 15 is 0 Å². The molecule has 3 heteroatoms. The predicted octanol–water partition coefficient (Wildman–Crippen LogP) is 1.01. The summed E-state index contributed by atoms with van der Waals surface area (Å²) in [4.78, 5) is 5.27. The van der Waals surface area contributed by atoms with Crippen LogP contribution in [-0.4, -0.2) is 61.7 Å². The molecule has 16 heavy (non-hydrogen) atoms. The normalized spacial score (nSPS) is 25.9. The highest BCUT2D eigenvalue weighted by atomic mass is 15.3. The molecule has 0 bridgehead atoms. The summed E-state index contributed by atoms with van der Waals surface area (Å²) in [6, 6.07) is 0.639. The molecule has 1 saturated heterocycles. The lowest BCUT2D eigenvalue weighted by atomic mass is 10.2. The highest BCUT2D eigenvalue weighted by Crippen LogP contribution is 2.29. The Morgan fingerprint density at radius 3 is 2.31 bits per heavy atom. The molecule has 2 aliphatic rings. The third-order valence-electron chi connectivity index (χ3n) is 3.76. The van der Waals surface area contributed by atoms with E-state index in [1.54, 1.807) is 0 Å². The van der Waals surface area contributed by atoms with Crippen LogP contribution in [0.25, 0.3) is 0 Å². The van der Waals surface area contributed by atoms with Crippen LogP contribution in [0.4, 0.5) is 0 Å². The lowest BCUT2D eigenvalue weighted by Gasteiger charge is -2.36. The SMILES string of the molecule is CCNC(C)CN1CCN(CC2CC2)CC1. The summed E-state index contributed by atoms with van der Waals surface area (Å²) in [6.07, 6.45) is 2.97. The minimum Gasteiger partial charge on any atom is -0.313 e. The minimum atomic E-state index is 0.639. The number of likely N-dealkylation sites (N-methyl/N-ethyl adjacent to an activating group) is 1. The molecule has 1 atom stereocenters. The monoisotopic (exact) mass is 225 g/mol. The Morgan fingerprint density at radius 2 is 1.75 bits per heavy atom. The molecular formula is C13H27N3. The second-order valence-corrected chi connectivity index (χ2v) is 5.50. The molecule has 0 aromatic carbocycles. The van der Waals surface area contributed by atoms with E-state index in [9.17, 15) is 0 Å². The molecule has 2 fully saturated rings. The fourth-order valence-electron chi connectivity index (χ4n) is 2.62. The van der Waals surface area contributed by atoms with Crippen molar-refractivity contribution in [3.05, 3.63) is 0 Å². The van der Waals surface area contributed by atoms with E-state index in [1.165, 1.54) is 52.1 Å². The van der Waals surface area contributed by atoms with Crippen molar-refractivity contribution in [1.29, 1.82) is 0 Å². The van der Waals surface area contributed by atoms with Crippen molar-refractivity contribution >= 4 is 0 Å². The van der Waals surface area contributed by atoms with Crippen LogP contribution >= 0.6 is 0 Å². The smallest absolute Gasteiger partial charge is 0.0166 e. The van der Waals surface area contributed by atoms with Gasteiger partial charge in [-0.2, -0.15) is 0 Å². The molecule has 94 valence electrons. The highest BCUT2D eigenvalue weighted by Gasteiger charge is 2.26. The Labute approximate surface area is 100 Å². The van der Waals surface area contributed by atoms with Gasteiger partial charge >= 0.3 is 0 Å². The van der Waals surface area contributed by atoms with E-state index in [-0.39, 0.29) is 0 Å². The summed E-state index contributed by atoms with van der Waals surface area (Å²) in [6.45, 7) is 13.3. The van der Waals surface area contributed by atoms with Crippen LogP contribution in [0, 0.1) is 5.92 Å². The van der Waals surface area contributed by atoms with Gasteiger partial charge in [-0.1, -0.05) is 6.92 Å². The molecule has 0 spiro atoms. The molecule has 1 heterocycles. The number of nitrogens with zero attached hydrogens (tertiary/aromatic N) is 2. The largest absolute Gasteiger partial charge is 0.313 e. The molecule has 1 saturated carbocycles. The molecule has 1 N–H and O–H groups in total. The lowest BCUT2D eigenvalue weighted by molar-refractivity contribution is 0.121. The second kappa shape index (κ2) is 5.99. The molecule has 1 aliphatic heterocycles. The zero-order chi connectivity index (χ0) is 11.4. The van der Waals surface area contributed by atoms with Crippen molar-refractivity contribution in [2.24, 2.45) is 5.92 Å². The zero-order valence-corrected chi connectivity index (χ0v) is 10.9. The first-order chi connectivity index (χ1) is 7.78. The Balaban J connectivity index is 1.60. The van der Waals surface area contributed by atoms with Gasteiger partial charge in [0.1, 0.15) is 0 Å². The van der Waals surface area contributed by atoms with Crippen molar-refractivity contribution in [3.63, 3.8) is 0 Å². The van der Waals surface area contributed by atoms with E-state index in [2.05, 4.69) is 29.0 Å². The van der Waals surface area contributed by atoms with Crippen LogP contribution in [0.15, 0.2) is 0 Å². The van der Waals surface area contributed by atoms with Crippen molar-refractivity contribution in [3.8, 4) is 0 Å². The fourth-order valence-corrected chi connectivity index (χ4v) is 2.62. The number of piperazine rings is 1.